The summed E-state index contributed by atoms with van der Waals surface area (Å²) < 4.78 is 29.0. The van der Waals surface area contributed by atoms with Crippen LogP contribution in [0.4, 0.5) is 8.78 Å². The molecular weight excluding hydrogens is 142 g/mol. The molecule has 0 spiro atoms. The van der Waals surface area contributed by atoms with Crippen molar-refractivity contribution in [3.05, 3.63) is 0 Å². The third-order valence-electron chi connectivity index (χ3n) is 1.40. The van der Waals surface area contributed by atoms with Gasteiger partial charge in [0.05, 0.1) is 6.61 Å². The van der Waals surface area contributed by atoms with Crippen molar-refractivity contribution in [1.82, 2.24) is 0 Å². The zero-order valence-corrected chi connectivity index (χ0v) is 5.56. The summed E-state index contributed by atoms with van der Waals surface area (Å²) in [5.74, 6) is -4.86. The number of carbonyl (C=O) groups excluding carboxylic acids is 1. The summed E-state index contributed by atoms with van der Waals surface area (Å²) in [6, 6.07) is 0. The second-order valence-corrected chi connectivity index (χ2v) is 2.61. The molecule has 0 aromatic carbocycles. The number of alkyl halides is 2. The summed E-state index contributed by atoms with van der Waals surface area (Å²) in [5, 5.41) is 0. The lowest BCUT2D eigenvalue weighted by molar-refractivity contribution is -0.186. The molecule has 2 nitrogen and oxygen atoms in total. The number of esters is 1. The van der Waals surface area contributed by atoms with Gasteiger partial charge in [0.2, 0.25) is 0 Å². The molecule has 0 aliphatic carbocycles. The van der Waals surface area contributed by atoms with Gasteiger partial charge in [0.25, 0.3) is 0 Å². The first-order valence-electron chi connectivity index (χ1n) is 3.07. The maximum absolute atomic E-state index is 12.4. The van der Waals surface area contributed by atoms with E-state index in [1.54, 1.807) is 6.92 Å². The van der Waals surface area contributed by atoms with Crippen molar-refractivity contribution in [3.8, 4) is 0 Å². The second kappa shape index (κ2) is 2.18. The van der Waals surface area contributed by atoms with E-state index in [1.807, 2.05) is 0 Å². The maximum atomic E-state index is 12.4. The molecule has 1 aliphatic rings. The number of halogens is 2. The molecule has 1 rings (SSSR count). The summed E-state index contributed by atoms with van der Waals surface area (Å²) in [5.41, 5.74) is 0. The van der Waals surface area contributed by atoms with Gasteiger partial charge in [-0.2, -0.15) is 8.78 Å². The lowest BCUT2D eigenvalue weighted by Gasteiger charge is -2.24. The molecule has 1 heterocycles. The van der Waals surface area contributed by atoms with Crippen LogP contribution >= 0.6 is 0 Å². The standard InChI is InChI=1S/C6H8F2O2/c1-4-2-6(7,8)5(9)10-3-4/h4H,2-3H2,1H3. The zero-order valence-electron chi connectivity index (χ0n) is 5.56. The molecule has 0 aromatic rings. The summed E-state index contributed by atoms with van der Waals surface area (Å²) in [6.45, 7) is 1.74. The quantitative estimate of drug-likeness (QED) is 0.485. The average molecular weight is 150 g/mol. The van der Waals surface area contributed by atoms with Crippen LogP contribution in [-0.2, 0) is 9.53 Å². The fraction of sp³-hybridized carbons (Fsp3) is 0.833. The Kier molecular flexibility index (Phi) is 1.62. The molecular formula is C6H8F2O2. The van der Waals surface area contributed by atoms with Crippen LogP contribution < -0.4 is 0 Å². The first-order chi connectivity index (χ1) is 4.52. The van der Waals surface area contributed by atoms with Gasteiger partial charge < -0.3 is 4.74 Å². The summed E-state index contributed by atoms with van der Waals surface area (Å²) in [6.07, 6.45) is -0.383. The van der Waals surface area contributed by atoms with E-state index in [4.69, 9.17) is 0 Å². The number of rotatable bonds is 0. The van der Waals surface area contributed by atoms with Gasteiger partial charge in [0.1, 0.15) is 0 Å². The van der Waals surface area contributed by atoms with E-state index in [2.05, 4.69) is 4.74 Å². The number of cyclic esters (lactones) is 1. The van der Waals surface area contributed by atoms with E-state index in [-0.39, 0.29) is 18.9 Å². The van der Waals surface area contributed by atoms with Crippen molar-refractivity contribution in [2.75, 3.05) is 6.61 Å². The van der Waals surface area contributed by atoms with Crippen LogP contribution in [0.3, 0.4) is 0 Å². The fourth-order valence-corrected chi connectivity index (χ4v) is 0.903. The monoisotopic (exact) mass is 150 g/mol. The molecule has 0 amide bonds. The van der Waals surface area contributed by atoms with Crippen LogP contribution in [0.1, 0.15) is 13.3 Å². The molecule has 0 bridgehead atoms. The topological polar surface area (TPSA) is 26.3 Å². The van der Waals surface area contributed by atoms with Gasteiger partial charge >= 0.3 is 11.9 Å². The third-order valence-corrected chi connectivity index (χ3v) is 1.40. The highest BCUT2D eigenvalue weighted by molar-refractivity contribution is 5.78. The maximum Gasteiger partial charge on any atom is 0.376 e. The largest absolute Gasteiger partial charge is 0.461 e. The van der Waals surface area contributed by atoms with Gasteiger partial charge in [0.15, 0.2) is 0 Å². The predicted octanol–water partition coefficient (Wildman–Crippen LogP) is 1.20. The average Bonchev–Trinajstić information content (AvgIpc) is 1.78. The van der Waals surface area contributed by atoms with Crippen molar-refractivity contribution >= 4 is 5.97 Å². The van der Waals surface area contributed by atoms with E-state index in [0.717, 1.165) is 0 Å². The van der Waals surface area contributed by atoms with Crippen molar-refractivity contribution in [3.63, 3.8) is 0 Å². The van der Waals surface area contributed by atoms with Crippen molar-refractivity contribution in [1.29, 1.82) is 0 Å². The number of hydrogen-bond donors (Lipinski definition) is 0. The molecule has 10 heavy (non-hydrogen) atoms. The van der Waals surface area contributed by atoms with Gasteiger partial charge in [-0.15, -0.1) is 0 Å². The predicted molar refractivity (Wildman–Crippen MR) is 29.7 cm³/mol. The Balaban J connectivity index is 2.63. The molecule has 1 atom stereocenters. The van der Waals surface area contributed by atoms with Crippen molar-refractivity contribution in [2.45, 2.75) is 19.3 Å². The molecule has 0 N–H and O–H groups in total. The van der Waals surface area contributed by atoms with Gasteiger partial charge in [0, 0.05) is 6.42 Å². The minimum atomic E-state index is -3.25. The first kappa shape index (κ1) is 7.44. The Morgan fingerprint density at radius 1 is 1.70 bits per heavy atom. The van der Waals surface area contributed by atoms with E-state index in [9.17, 15) is 13.6 Å². The lowest BCUT2D eigenvalue weighted by Crippen LogP contribution is -2.39. The minimum absolute atomic E-state index is 0.119. The number of hydrogen-bond acceptors (Lipinski definition) is 2. The van der Waals surface area contributed by atoms with E-state index in [1.165, 1.54) is 0 Å². The normalized spacial score (nSPS) is 31.5. The van der Waals surface area contributed by atoms with Crippen LogP contribution in [0.2, 0.25) is 0 Å². The van der Waals surface area contributed by atoms with Gasteiger partial charge in [-0.1, -0.05) is 6.92 Å². The van der Waals surface area contributed by atoms with Crippen LogP contribution in [0.25, 0.3) is 0 Å². The molecule has 58 valence electrons. The van der Waals surface area contributed by atoms with E-state index in [0.29, 0.717) is 0 Å². The highest BCUT2D eigenvalue weighted by atomic mass is 19.3. The number of ether oxygens (including phenoxy) is 1. The first-order valence-corrected chi connectivity index (χ1v) is 3.07. The summed E-state index contributed by atoms with van der Waals surface area (Å²) in [4.78, 5) is 10.3. The van der Waals surface area contributed by atoms with Crippen LogP contribution in [0, 0.1) is 5.92 Å². The van der Waals surface area contributed by atoms with Crippen LogP contribution in [0.15, 0.2) is 0 Å². The highest BCUT2D eigenvalue weighted by Crippen LogP contribution is 2.29. The smallest absolute Gasteiger partial charge is 0.376 e. The molecule has 1 saturated heterocycles. The van der Waals surface area contributed by atoms with E-state index < -0.39 is 11.9 Å². The Labute approximate surface area is 57.2 Å². The van der Waals surface area contributed by atoms with Crippen molar-refractivity contribution in [2.24, 2.45) is 5.92 Å². The molecule has 1 unspecified atom stereocenters. The molecule has 0 saturated carbocycles. The van der Waals surface area contributed by atoms with Crippen LogP contribution in [0.5, 0.6) is 0 Å². The Bertz CT molecular complexity index is 156. The SMILES string of the molecule is CC1COC(=O)C(F)(F)C1. The molecule has 1 aliphatic heterocycles. The van der Waals surface area contributed by atoms with E-state index >= 15 is 0 Å². The highest BCUT2D eigenvalue weighted by Gasteiger charge is 2.45. The Morgan fingerprint density at radius 2 is 2.30 bits per heavy atom. The summed E-state index contributed by atoms with van der Waals surface area (Å²) in [7, 11) is 0. The fourth-order valence-electron chi connectivity index (χ4n) is 0.903. The summed E-state index contributed by atoms with van der Waals surface area (Å²) >= 11 is 0. The Morgan fingerprint density at radius 3 is 2.70 bits per heavy atom. The molecule has 1 fully saturated rings. The minimum Gasteiger partial charge on any atom is -0.461 e. The van der Waals surface area contributed by atoms with Gasteiger partial charge in [-0.05, 0) is 5.92 Å². The molecule has 0 aromatic heterocycles. The lowest BCUT2D eigenvalue weighted by atomic mass is 10.0. The van der Waals surface area contributed by atoms with Gasteiger partial charge in [-0.25, -0.2) is 4.79 Å². The van der Waals surface area contributed by atoms with Gasteiger partial charge in [-0.3, -0.25) is 0 Å². The van der Waals surface area contributed by atoms with Crippen molar-refractivity contribution < 1.29 is 18.3 Å². The zero-order chi connectivity index (χ0) is 7.78. The third kappa shape index (κ3) is 1.25. The Hall–Kier alpha value is -0.670. The molecule has 0 radical (unpaired) electrons. The van der Waals surface area contributed by atoms with Crippen LogP contribution in [-0.4, -0.2) is 18.5 Å². The number of carbonyl (C=O) groups is 1. The second-order valence-electron chi connectivity index (χ2n) is 2.61. The molecule has 4 heteroatoms.